The lowest BCUT2D eigenvalue weighted by Gasteiger charge is -2.33. The van der Waals surface area contributed by atoms with Crippen LogP contribution in [0.2, 0.25) is 0 Å². The molecule has 2 aliphatic carbocycles. The summed E-state index contributed by atoms with van der Waals surface area (Å²) in [7, 11) is 1.27. The molecule has 2 fully saturated rings. The van der Waals surface area contributed by atoms with Crippen molar-refractivity contribution in [1.82, 2.24) is 0 Å². The molecule has 608 valence electrons. The zero-order chi connectivity index (χ0) is 83.0. The Morgan fingerprint density at radius 2 is 0.685 bits per heavy atom. The Bertz CT molecular complexity index is 3710. The van der Waals surface area contributed by atoms with E-state index in [1.165, 1.54) is 78.2 Å². The van der Waals surface area contributed by atoms with Crippen molar-refractivity contribution in [2.24, 2.45) is 45.3 Å². The predicted octanol–water partition coefficient (Wildman–Crippen LogP) is 23.9. The lowest BCUT2D eigenvalue weighted by atomic mass is 9.82. The highest BCUT2D eigenvalue weighted by molar-refractivity contribution is 5.99. The van der Waals surface area contributed by atoms with Gasteiger partial charge in [-0.3, -0.25) is 33.6 Å². The number of halogens is 3. The van der Waals surface area contributed by atoms with Gasteiger partial charge in [-0.25, -0.2) is 0 Å². The molecule has 11 unspecified atom stereocenters. The van der Waals surface area contributed by atoms with Gasteiger partial charge in [-0.15, -0.1) is 0 Å². The van der Waals surface area contributed by atoms with Crippen LogP contribution in [0.5, 0.6) is 0 Å². The van der Waals surface area contributed by atoms with Crippen LogP contribution in [-0.2, 0) is 66.7 Å². The molecule has 0 saturated heterocycles. The van der Waals surface area contributed by atoms with Crippen molar-refractivity contribution in [1.29, 1.82) is 5.26 Å². The molecule has 0 radical (unpaired) electrons. The molecule has 0 heterocycles. The number of ether oxygens (including phenoxy) is 7. The first-order chi connectivity index (χ1) is 52.6. The van der Waals surface area contributed by atoms with Gasteiger partial charge < -0.3 is 33.2 Å². The quantitative estimate of drug-likeness (QED) is 0.0267. The topological polar surface area (TPSA) is 208 Å². The van der Waals surface area contributed by atoms with Crippen LogP contribution < -0.4 is 0 Å². The highest BCUT2D eigenvalue weighted by Crippen LogP contribution is 2.44. The summed E-state index contributed by atoms with van der Waals surface area (Å²) >= 11 is 0. The first-order valence-corrected chi connectivity index (χ1v) is 39.7. The molecule has 2 aliphatic rings. The normalized spacial score (nSPS) is 16.6. The van der Waals surface area contributed by atoms with E-state index in [0.717, 1.165) is 54.0 Å². The van der Waals surface area contributed by atoms with Gasteiger partial charge in [0.05, 0.1) is 30.4 Å². The Balaban J connectivity index is 0.000000346. The van der Waals surface area contributed by atoms with Gasteiger partial charge in [0.15, 0.2) is 16.2 Å². The smallest absolute Gasteiger partial charge is 0.404 e. The third-order valence-electron chi connectivity index (χ3n) is 21.6. The zero-order valence-corrected chi connectivity index (χ0v) is 69.2. The number of hydrogen-bond donors (Lipinski definition) is 0. The van der Waals surface area contributed by atoms with Crippen LogP contribution in [0.4, 0.5) is 13.2 Å². The molecule has 0 amide bonds. The number of carbonyl (C=O) groups excluding carboxylic acids is 7. The largest absolute Gasteiger partial charge is 0.468 e. The van der Waals surface area contributed by atoms with Gasteiger partial charge in [0.1, 0.15) is 36.6 Å². The Kier molecular flexibility index (Phi) is 42.1. The van der Waals surface area contributed by atoms with Crippen LogP contribution in [-0.4, -0.2) is 55.1 Å². The summed E-state index contributed by atoms with van der Waals surface area (Å²) in [6.07, 6.45) is 8.88. The maximum absolute atomic E-state index is 12.9. The van der Waals surface area contributed by atoms with E-state index in [-0.39, 0.29) is 60.6 Å². The van der Waals surface area contributed by atoms with Crippen molar-refractivity contribution in [3.8, 4) is 6.07 Å². The van der Waals surface area contributed by atoms with E-state index in [2.05, 4.69) is 29.0 Å². The molecule has 0 aromatic heterocycles. The molecule has 8 rings (SSSR count). The Labute approximate surface area is 660 Å². The van der Waals surface area contributed by atoms with Gasteiger partial charge in [0.25, 0.3) is 0 Å². The highest BCUT2D eigenvalue weighted by atomic mass is 19.4. The van der Waals surface area contributed by atoms with E-state index < -0.39 is 63.9 Å². The average molecular weight is 1540 g/mol. The van der Waals surface area contributed by atoms with Gasteiger partial charge in [0.2, 0.25) is 0 Å². The van der Waals surface area contributed by atoms with E-state index in [1.54, 1.807) is 78.8 Å². The molecule has 6 aromatic rings. The number of esters is 7. The molecule has 11 atom stereocenters. The van der Waals surface area contributed by atoms with E-state index in [0.29, 0.717) is 30.2 Å². The maximum Gasteiger partial charge on any atom is 0.404 e. The third kappa shape index (κ3) is 30.8. The molecular formula is C93H126F3NO14. The first kappa shape index (κ1) is 96.1. The summed E-state index contributed by atoms with van der Waals surface area (Å²) in [6, 6.07) is 59.8. The number of nitriles is 1. The minimum Gasteiger partial charge on any atom is -0.468 e. The highest BCUT2D eigenvalue weighted by Gasteiger charge is 2.57. The van der Waals surface area contributed by atoms with Crippen LogP contribution in [0.15, 0.2) is 182 Å². The van der Waals surface area contributed by atoms with Gasteiger partial charge in [-0.05, 0) is 160 Å². The van der Waals surface area contributed by atoms with Gasteiger partial charge in [-0.1, -0.05) is 276 Å². The fourth-order valence-corrected chi connectivity index (χ4v) is 11.7. The molecule has 0 N–H and O–H groups in total. The minimum atomic E-state index is -4.62. The SMILES string of the molecule is CCC(C)(C#N)C(=O)OC(C)c1ccccc1.CCC(C)(C(=O)OC(C)c1ccccc1)C(F)(F)F.CCC(C)(C(=O)OC)C(=O)OC(C)c1ccccc1.CCC(C)(C)C(=O)OC(c1ccccc1)C1CCCCC1.CCC(C)C(=O)OC(C)c1ccccc1.CCC(C)C(=O)OC(c1ccccc1)C1CCCCC1. The van der Waals surface area contributed by atoms with Crippen LogP contribution in [0.25, 0.3) is 0 Å². The van der Waals surface area contributed by atoms with Gasteiger partial charge >= 0.3 is 48.0 Å². The monoisotopic (exact) mass is 1540 g/mol. The third-order valence-corrected chi connectivity index (χ3v) is 21.6. The summed E-state index contributed by atoms with van der Waals surface area (Å²) < 4.78 is 76.3. The fraction of sp³-hybridized carbons (Fsp3) is 0.527. The van der Waals surface area contributed by atoms with Gasteiger partial charge in [-0.2, -0.15) is 18.4 Å². The van der Waals surface area contributed by atoms with Crippen molar-refractivity contribution in [2.75, 3.05) is 7.11 Å². The van der Waals surface area contributed by atoms with Crippen LogP contribution in [0, 0.1) is 56.7 Å². The number of carbonyl (C=O) groups is 7. The number of methoxy groups -OCH3 is 1. The number of nitrogens with zero attached hydrogens (tertiary/aromatic N) is 1. The molecule has 0 aliphatic heterocycles. The van der Waals surface area contributed by atoms with Gasteiger partial charge in [0, 0.05) is 11.8 Å². The van der Waals surface area contributed by atoms with Crippen LogP contribution in [0.1, 0.15) is 290 Å². The predicted molar refractivity (Wildman–Crippen MR) is 429 cm³/mol. The van der Waals surface area contributed by atoms with Crippen LogP contribution >= 0.6 is 0 Å². The summed E-state index contributed by atoms with van der Waals surface area (Å²) in [5.74, 6) is -2.13. The Hall–Kier alpha value is -9.11. The van der Waals surface area contributed by atoms with E-state index in [4.69, 9.17) is 33.7 Å². The van der Waals surface area contributed by atoms with Crippen molar-refractivity contribution in [3.63, 3.8) is 0 Å². The first-order valence-electron chi connectivity index (χ1n) is 39.7. The minimum absolute atomic E-state index is 0.00944. The molecule has 6 aromatic carbocycles. The second kappa shape index (κ2) is 48.6. The second-order valence-corrected chi connectivity index (χ2v) is 30.2. The number of benzene rings is 6. The molecule has 111 heavy (non-hydrogen) atoms. The summed E-state index contributed by atoms with van der Waals surface area (Å²) in [5, 5.41) is 8.99. The lowest BCUT2D eigenvalue weighted by Crippen LogP contribution is -2.43. The molecule has 15 nitrogen and oxygen atoms in total. The summed E-state index contributed by atoms with van der Waals surface area (Å²) in [4.78, 5) is 83.7. The number of hydrogen-bond acceptors (Lipinski definition) is 15. The Morgan fingerprint density at radius 1 is 0.378 bits per heavy atom. The number of alkyl halides is 3. The second-order valence-electron chi connectivity index (χ2n) is 30.2. The molecule has 18 heteroatoms. The van der Waals surface area contributed by atoms with Crippen molar-refractivity contribution < 1.29 is 79.9 Å². The molecule has 0 bridgehead atoms. The Morgan fingerprint density at radius 3 is 0.973 bits per heavy atom. The van der Waals surface area contributed by atoms with E-state index in [9.17, 15) is 46.7 Å². The molecular weight excluding hydrogens is 1410 g/mol. The van der Waals surface area contributed by atoms with Crippen LogP contribution in [0.3, 0.4) is 0 Å². The van der Waals surface area contributed by atoms with E-state index >= 15 is 0 Å². The van der Waals surface area contributed by atoms with Crippen molar-refractivity contribution >= 4 is 41.8 Å². The molecule has 0 spiro atoms. The lowest BCUT2D eigenvalue weighted by molar-refractivity contribution is -0.233. The summed E-state index contributed by atoms with van der Waals surface area (Å²) in [5.41, 5.74) is 0.640. The van der Waals surface area contributed by atoms with Crippen molar-refractivity contribution in [2.45, 2.75) is 263 Å². The maximum atomic E-state index is 12.9. The zero-order valence-electron chi connectivity index (χ0n) is 69.2. The molecule has 2 saturated carbocycles. The van der Waals surface area contributed by atoms with Crippen molar-refractivity contribution in [3.05, 3.63) is 215 Å². The fourth-order valence-electron chi connectivity index (χ4n) is 11.7. The number of rotatable bonds is 27. The standard InChI is InChI=1S/C19H28O2.C18H26O2.C15H20O4.C14H17F3O2.C14H17NO2.C13H18O2/c1-4-19(2,3)18(20)21-17(15-11-7-5-8-12-15)16-13-9-6-10-14-16;1-3-14(2)18(19)20-17(15-10-6-4-7-11-15)16-12-8-5-9-13-16;1-5-15(3,13(16)18-4)14(17)19-11(2)12-9-7-6-8-10-12;1-4-13(3,14(15,16)17)12(18)19-10(2)11-8-6-5-7-9-11;1-4-14(3,10-15)13(16)17-11(2)12-8-6-5-7-9-12;1-4-10(2)13(14)15-11(3)12-8-6-5-7-9-12/h5,7-8,11-12,16-17H,4,6,9-10,13-14H2,1-3H3;4,6-7,10-11,14,16-17H,3,5,8-9,12-13H2,1-2H3;6-11H,5H2,1-4H3;5-10H,4H2,1-3H3;5-9,11H,4H2,1-3H3;5-11H,4H2,1-3H3. The summed E-state index contributed by atoms with van der Waals surface area (Å²) in [6.45, 7) is 29.8. The average Bonchev–Trinajstić information content (AvgIpc) is 0.802. The van der Waals surface area contributed by atoms with E-state index in [1.807, 2.05) is 189 Å².